The molecule has 3 unspecified atom stereocenters. The Labute approximate surface area is 113 Å². The number of benzene rings is 2. The molecule has 0 radical (unpaired) electrons. The van der Waals surface area contributed by atoms with Gasteiger partial charge in [0.15, 0.2) is 6.10 Å². The molecular formula is C17H18O2. The number of hydrogen-bond acceptors (Lipinski definition) is 2. The van der Waals surface area contributed by atoms with E-state index < -0.39 is 6.10 Å². The van der Waals surface area contributed by atoms with E-state index in [4.69, 9.17) is 4.74 Å². The van der Waals surface area contributed by atoms with Gasteiger partial charge in [0.25, 0.3) is 0 Å². The van der Waals surface area contributed by atoms with Gasteiger partial charge in [0.05, 0.1) is 0 Å². The van der Waals surface area contributed by atoms with Crippen molar-refractivity contribution in [1.29, 1.82) is 0 Å². The minimum absolute atomic E-state index is 0.0776. The monoisotopic (exact) mass is 254 g/mol. The number of para-hydroxylation sites is 1. The van der Waals surface area contributed by atoms with Crippen molar-refractivity contribution in [2.45, 2.75) is 32.0 Å². The van der Waals surface area contributed by atoms with Gasteiger partial charge in [-0.2, -0.15) is 0 Å². The maximum absolute atomic E-state index is 10.5. The van der Waals surface area contributed by atoms with Gasteiger partial charge in [-0.1, -0.05) is 55.5 Å². The van der Waals surface area contributed by atoms with E-state index in [2.05, 4.69) is 6.92 Å². The molecule has 3 rings (SSSR count). The van der Waals surface area contributed by atoms with Crippen LogP contribution in [0.3, 0.4) is 0 Å². The predicted octanol–water partition coefficient (Wildman–Crippen LogP) is 3.59. The summed E-state index contributed by atoms with van der Waals surface area (Å²) in [6.07, 6.45) is -0.804. The minimum atomic E-state index is -0.517. The van der Waals surface area contributed by atoms with E-state index in [0.29, 0.717) is 0 Å². The molecule has 1 aliphatic rings. The third kappa shape index (κ3) is 2.02. The van der Waals surface area contributed by atoms with Crippen molar-refractivity contribution in [3.8, 4) is 5.75 Å². The summed E-state index contributed by atoms with van der Waals surface area (Å²) in [5.41, 5.74) is 3.24. The number of hydrogen-bond donors (Lipinski definition) is 1. The fourth-order valence-electron chi connectivity index (χ4n) is 2.75. The smallest absolute Gasteiger partial charge is 0.150 e. The molecule has 3 atom stereocenters. The fraction of sp³-hybridized carbons (Fsp3) is 0.294. The molecule has 0 aromatic heterocycles. The molecule has 2 aromatic carbocycles. The molecule has 98 valence electrons. The molecule has 19 heavy (non-hydrogen) atoms. The lowest BCUT2D eigenvalue weighted by Crippen LogP contribution is -2.33. The van der Waals surface area contributed by atoms with Crippen LogP contribution in [0.1, 0.15) is 35.6 Å². The van der Waals surface area contributed by atoms with Crippen molar-refractivity contribution < 1.29 is 9.84 Å². The number of ether oxygens (including phenoxy) is 1. The highest BCUT2D eigenvalue weighted by Gasteiger charge is 2.35. The molecule has 2 heteroatoms. The van der Waals surface area contributed by atoms with Gasteiger partial charge in [0, 0.05) is 5.92 Å². The number of aryl methyl sites for hydroxylation is 1. The van der Waals surface area contributed by atoms with E-state index in [1.807, 2.05) is 55.5 Å². The summed E-state index contributed by atoms with van der Waals surface area (Å²) in [6.45, 7) is 4.10. The fourth-order valence-corrected chi connectivity index (χ4v) is 2.75. The molecule has 2 aromatic rings. The number of fused-ring (bicyclic) bond motifs is 1. The molecule has 0 fully saturated rings. The van der Waals surface area contributed by atoms with Crippen LogP contribution in [0.25, 0.3) is 0 Å². The molecule has 1 aliphatic heterocycles. The van der Waals surface area contributed by atoms with Crippen molar-refractivity contribution in [3.63, 3.8) is 0 Å². The lowest BCUT2D eigenvalue weighted by Gasteiger charge is -2.36. The van der Waals surface area contributed by atoms with E-state index in [9.17, 15) is 5.11 Å². The average Bonchev–Trinajstić information content (AvgIpc) is 2.44. The molecular weight excluding hydrogens is 236 g/mol. The summed E-state index contributed by atoms with van der Waals surface area (Å²) in [4.78, 5) is 0. The van der Waals surface area contributed by atoms with Gasteiger partial charge in [-0.25, -0.2) is 0 Å². The van der Waals surface area contributed by atoms with E-state index in [-0.39, 0.29) is 12.0 Å². The van der Waals surface area contributed by atoms with Gasteiger partial charge in [-0.3, -0.25) is 0 Å². The van der Waals surface area contributed by atoms with Gasteiger partial charge in [-0.05, 0) is 23.6 Å². The summed E-state index contributed by atoms with van der Waals surface area (Å²) in [6, 6.07) is 16.0. The molecule has 0 saturated carbocycles. The lowest BCUT2D eigenvalue weighted by atomic mass is 9.85. The van der Waals surface area contributed by atoms with Crippen LogP contribution in [0.2, 0.25) is 0 Å². The Balaban J connectivity index is 2.05. The topological polar surface area (TPSA) is 29.5 Å². The van der Waals surface area contributed by atoms with Crippen molar-refractivity contribution in [2.24, 2.45) is 0 Å². The highest BCUT2D eigenvalue weighted by atomic mass is 16.5. The summed E-state index contributed by atoms with van der Waals surface area (Å²) in [7, 11) is 0. The Kier molecular flexibility index (Phi) is 3.03. The molecule has 0 aliphatic carbocycles. The first-order chi connectivity index (χ1) is 9.18. The maximum Gasteiger partial charge on any atom is 0.150 e. The zero-order chi connectivity index (χ0) is 13.4. The molecule has 0 spiro atoms. The second-order valence-corrected chi connectivity index (χ2v) is 5.22. The van der Waals surface area contributed by atoms with E-state index in [1.165, 1.54) is 0 Å². The third-order valence-corrected chi connectivity index (χ3v) is 3.93. The summed E-state index contributed by atoms with van der Waals surface area (Å²) in [5.74, 6) is 1.00. The van der Waals surface area contributed by atoms with Crippen LogP contribution in [0.5, 0.6) is 5.75 Å². The van der Waals surface area contributed by atoms with E-state index >= 15 is 0 Å². The largest absolute Gasteiger partial charge is 0.482 e. The van der Waals surface area contributed by atoms with Gasteiger partial charge in [0.1, 0.15) is 11.9 Å². The van der Waals surface area contributed by atoms with Crippen LogP contribution in [0.4, 0.5) is 0 Å². The average molecular weight is 254 g/mol. The van der Waals surface area contributed by atoms with Crippen molar-refractivity contribution >= 4 is 0 Å². The molecule has 2 nitrogen and oxygen atoms in total. The van der Waals surface area contributed by atoms with Crippen LogP contribution < -0.4 is 4.74 Å². The highest BCUT2D eigenvalue weighted by Crippen LogP contribution is 2.43. The van der Waals surface area contributed by atoms with Crippen LogP contribution in [0, 0.1) is 6.92 Å². The van der Waals surface area contributed by atoms with Crippen molar-refractivity contribution in [3.05, 3.63) is 65.2 Å². The predicted molar refractivity (Wildman–Crippen MR) is 75.4 cm³/mol. The highest BCUT2D eigenvalue weighted by molar-refractivity contribution is 5.46. The second kappa shape index (κ2) is 4.71. The normalized spacial score (nSPS) is 25.5. The van der Waals surface area contributed by atoms with Gasteiger partial charge >= 0.3 is 0 Å². The number of rotatable bonds is 1. The van der Waals surface area contributed by atoms with Gasteiger partial charge < -0.3 is 9.84 Å². The Morgan fingerprint density at radius 3 is 2.47 bits per heavy atom. The van der Waals surface area contributed by atoms with Crippen LogP contribution >= 0.6 is 0 Å². The quantitative estimate of drug-likeness (QED) is 0.842. The Morgan fingerprint density at radius 2 is 1.74 bits per heavy atom. The third-order valence-electron chi connectivity index (χ3n) is 3.93. The Hall–Kier alpha value is -1.80. The van der Waals surface area contributed by atoms with Gasteiger partial charge in [0.2, 0.25) is 0 Å². The molecule has 0 saturated heterocycles. The molecule has 1 N–H and O–H groups in total. The maximum atomic E-state index is 10.5. The minimum Gasteiger partial charge on any atom is -0.482 e. The molecule has 1 heterocycles. The van der Waals surface area contributed by atoms with Crippen molar-refractivity contribution in [2.75, 3.05) is 0 Å². The molecule has 0 bridgehead atoms. The summed E-state index contributed by atoms with van der Waals surface area (Å²) >= 11 is 0. The molecule has 0 amide bonds. The zero-order valence-corrected chi connectivity index (χ0v) is 11.2. The second-order valence-electron chi connectivity index (χ2n) is 5.22. The van der Waals surface area contributed by atoms with Crippen molar-refractivity contribution in [1.82, 2.24) is 0 Å². The van der Waals surface area contributed by atoms with Crippen LogP contribution in [-0.4, -0.2) is 11.2 Å². The van der Waals surface area contributed by atoms with Crippen LogP contribution in [-0.2, 0) is 0 Å². The van der Waals surface area contributed by atoms with Crippen LogP contribution in [0.15, 0.2) is 48.5 Å². The van der Waals surface area contributed by atoms with E-state index in [0.717, 1.165) is 22.4 Å². The standard InChI is InChI=1S/C17H18O2/c1-11-7-6-10-14-12(2)15(18)17(19-16(11)14)13-8-4-3-5-9-13/h3-10,12,15,17-18H,1-2H3. The summed E-state index contributed by atoms with van der Waals surface area (Å²) < 4.78 is 6.08. The van der Waals surface area contributed by atoms with E-state index in [1.54, 1.807) is 0 Å². The zero-order valence-electron chi connectivity index (χ0n) is 11.2. The first kappa shape index (κ1) is 12.2. The number of aliphatic hydroxyl groups is 1. The Morgan fingerprint density at radius 1 is 1.00 bits per heavy atom. The first-order valence-corrected chi connectivity index (χ1v) is 6.67. The number of aliphatic hydroxyl groups excluding tert-OH is 1. The van der Waals surface area contributed by atoms with Gasteiger partial charge in [-0.15, -0.1) is 0 Å². The SMILES string of the molecule is Cc1cccc2c1OC(c1ccccc1)C(O)C2C. The lowest BCUT2D eigenvalue weighted by molar-refractivity contribution is 0.00337. The Bertz CT molecular complexity index is 577. The first-order valence-electron chi connectivity index (χ1n) is 6.67. The summed E-state index contributed by atoms with van der Waals surface area (Å²) in [5, 5.41) is 10.5.